The van der Waals surface area contributed by atoms with E-state index in [1.165, 1.54) is 6.42 Å². The van der Waals surface area contributed by atoms with Crippen LogP contribution in [0, 0.1) is 0 Å². The van der Waals surface area contributed by atoms with E-state index in [9.17, 15) is 0 Å². The van der Waals surface area contributed by atoms with E-state index < -0.39 is 0 Å². The molecule has 0 saturated carbocycles. The molecule has 2 rings (SSSR count). The van der Waals surface area contributed by atoms with E-state index in [-0.39, 0.29) is 11.2 Å². The van der Waals surface area contributed by atoms with Crippen LogP contribution in [0.2, 0.25) is 0 Å². The molecule has 0 aliphatic carbocycles. The Morgan fingerprint density at radius 1 is 0.929 bits per heavy atom. The molecule has 2 aliphatic heterocycles. The van der Waals surface area contributed by atoms with Crippen molar-refractivity contribution in [1.29, 1.82) is 0 Å². The fourth-order valence-corrected chi connectivity index (χ4v) is 2.98. The Labute approximate surface area is 85.7 Å². The van der Waals surface area contributed by atoms with Crippen molar-refractivity contribution in [1.82, 2.24) is 0 Å². The molecule has 2 saturated heterocycles. The standard InChI is InChI=1S/C11H20O3/c1-12-8-10-4-3-5-11(14-10,7-6-10)9-13-2/h3-9H2,1-2H3. The summed E-state index contributed by atoms with van der Waals surface area (Å²) in [4.78, 5) is 0. The van der Waals surface area contributed by atoms with Crippen LogP contribution in [0.5, 0.6) is 0 Å². The molecule has 2 heterocycles. The van der Waals surface area contributed by atoms with Crippen LogP contribution in [-0.2, 0) is 14.2 Å². The second-order valence-corrected chi connectivity index (χ2v) is 4.69. The van der Waals surface area contributed by atoms with E-state index in [1.807, 2.05) is 0 Å². The number of fused-ring (bicyclic) bond motifs is 2. The minimum absolute atomic E-state index is 0.00549. The van der Waals surface area contributed by atoms with Gasteiger partial charge in [0.1, 0.15) is 0 Å². The molecule has 3 nitrogen and oxygen atoms in total. The first-order valence-corrected chi connectivity index (χ1v) is 5.42. The van der Waals surface area contributed by atoms with Gasteiger partial charge in [0.05, 0.1) is 24.4 Å². The van der Waals surface area contributed by atoms with E-state index >= 15 is 0 Å². The smallest absolute Gasteiger partial charge is 0.0924 e. The molecular formula is C11H20O3. The van der Waals surface area contributed by atoms with Gasteiger partial charge in [0.15, 0.2) is 0 Å². The van der Waals surface area contributed by atoms with Gasteiger partial charge >= 0.3 is 0 Å². The van der Waals surface area contributed by atoms with E-state index in [1.54, 1.807) is 14.2 Å². The van der Waals surface area contributed by atoms with Crippen LogP contribution in [-0.4, -0.2) is 38.6 Å². The molecule has 0 spiro atoms. The van der Waals surface area contributed by atoms with Crippen molar-refractivity contribution < 1.29 is 14.2 Å². The van der Waals surface area contributed by atoms with Gasteiger partial charge in [0.2, 0.25) is 0 Å². The summed E-state index contributed by atoms with van der Waals surface area (Å²) in [6.07, 6.45) is 5.79. The van der Waals surface area contributed by atoms with Crippen LogP contribution in [0.25, 0.3) is 0 Å². The van der Waals surface area contributed by atoms with Gasteiger partial charge < -0.3 is 14.2 Å². The maximum absolute atomic E-state index is 6.20. The van der Waals surface area contributed by atoms with Crippen LogP contribution < -0.4 is 0 Å². The summed E-state index contributed by atoms with van der Waals surface area (Å²) in [5, 5.41) is 0. The lowest BCUT2D eigenvalue weighted by molar-refractivity contribution is -0.178. The number of hydrogen-bond acceptors (Lipinski definition) is 3. The molecule has 0 N–H and O–H groups in total. The predicted octanol–water partition coefficient (Wildman–Crippen LogP) is 1.75. The zero-order chi connectivity index (χ0) is 10.1. The normalized spacial score (nSPS) is 41.6. The van der Waals surface area contributed by atoms with Gasteiger partial charge in [-0.3, -0.25) is 0 Å². The van der Waals surface area contributed by atoms with Gasteiger partial charge in [-0.15, -0.1) is 0 Å². The molecule has 82 valence electrons. The minimum atomic E-state index is 0.00549. The van der Waals surface area contributed by atoms with Crippen molar-refractivity contribution in [3.05, 3.63) is 0 Å². The molecule has 2 unspecified atom stereocenters. The summed E-state index contributed by atoms with van der Waals surface area (Å²) in [6, 6.07) is 0. The van der Waals surface area contributed by atoms with E-state index in [0.29, 0.717) is 0 Å². The number of methoxy groups -OCH3 is 2. The zero-order valence-electron chi connectivity index (χ0n) is 9.17. The summed E-state index contributed by atoms with van der Waals surface area (Å²) in [5.41, 5.74) is 0.0110. The fraction of sp³-hybridized carbons (Fsp3) is 1.00. The highest BCUT2D eigenvalue weighted by molar-refractivity contribution is 5.01. The summed E-state index contributed by atoms with van der Waals surface area (Å²) in [7, 11) is 3.51. The molecule has 0 aromatic carbocycles. The molecule has 0 amide bonds. The third-order valence-electron chi connectivity index (χ3n) is 3.55. The molecule has 0 aromatic heterocycles. The number of ether oxygens (including phenoxy) is 3. The molecular weight excluding hydrogens is 180 g/mol. The highest BCUT2D eigenvalue weighted by Gasteiger charge is 2.52. The quantitative estimate of drug-likeness (QED) is 0.692. The fourth-order valence-electron chi connectivity index (χ4n) is 2.98. The summed E-state index contributed by atoms with van der Waals surface area (Å²) in [6.45, 7) is 1.47. The molecule has 0 radical (unpaired) electrons. The monoisotopic (exact) mass is 200 g/mol. The van der Waals surface area contributed by atoms with E-state index in [4.69, 9.17) is 14.2 Å². The lowest BCUT2D eigenvalue weighted by Crippen LogP contribution is -2.45. The van der Waals surface area contributed by atoms with Gasteiger partial charge in [0.25, 0.3) is 0 Å². The van der Waals surface area contributed by atoms with E-state index in [2.05, 4.69) is 0 Å². The Balaban J connectivity index is 2.05. The average Bonchev–Trinajstić information content (AvgIpc) is 2.40. The van der Waals surface area contributed by atoms with Crippen LogP contribution in [0.1, 0.15) is 32.1 Å². The highest BCUT2D eigenvalue weighted by Crippen LogP contribution is 2.48. The van der Waals surface area contributed by atoms with Crippen LogP contribution in [0.4, 0.5) is 0 Å². The van der Waals surface area contributed by atoms with Crippen molar-refractivity contribution in [3.8, 4) is 0 Å². The maximum atomic E-state index is 6.20. The molecule has 2 fully saturated rings. The molecule has 0 aromatic rings. The minimum Gasteiger partial charge on any atom is -0.382 e. The summed E-state index contributed by atoms with van der Waals surface area (Å²) in [5.74, 6) is 0. The molecule has 2 aliphatic rings. The molecule has 14 heavy (non-hydrogen) atoms. The lowest BCUT2D eigenvalue weighted by atomic mass is 9.93. The maximum Gasteiger partial charge on any atom is 0.0924 e. The van der Waals surface area contributed by atoms with Crippen molar-refractivity contribution in [2.75, 3.05) is 27.4 Å². The van der Waals surface area contributed by atoms with Gasteiger partial charge in [-0.2, -0.15) is 0 Å². The Morgan fingerprint density at radius 2 is 1.43 bits per heavy atom. The predicted molar refractivity (Wildman–Crippen MR) is 53.4 cm³/mol. The first-order chi connectivity index (χ1) is 6.74. The van der Waals surface area contributed by atoms with Crippen LogP contribution in [0.15, 0.2) is 0 Å². The third-order valence-corrected chi connectivity index (χ3v) is 3.55. The van der Waals surface area contributed by atoms with Gasteiger partial charge in [0, 0.05) is 14.2 Å². The van der Waals surface area contributed by atoms with Crippen LogP contribution in [0.3, 0.4) is 0 Å². The SMILES string of the molecule is COCC12CCCC(COC)(CC1)O2. The van der Waals surface area contributed by atoms with Crippen molar-refractivity contribution >= 4 is 0 Å². The largest absolute Gasteiger partial charge is 0.382 e. The number of rotatable bonds is 4. The van der Waals surface area contributed by atoms with Crippen molar-refractivity contribution in [3.63, 3.8) is 0 Å². The number of hydrogen-bond donors (Lipinski definition) is 0. The van der Waals surface area contributed by atoms with Gasteiger partial charge in [-0.05, 0) is 32.1 Å². The topological polar surface area (TPSA) is 27.7 Å². The van der Waals surface area contributed by atoms with Gasteiger partial charge in [-0.1, -0.05) is 0 Å². The highest BCUT2D eigenvalue weighted by atomic mass is 16.6. The molecule has 3 heteroatoms. The Hall–Kier alpha value is -0.120. The second-order valence-electron chi connectivity index (χ2n) is 4.69. The molecule has 2 bridgehead atoms. The van der Waals surface area contributed by atoms with Crippen molar-refractivity contribution in [2.45, 2.75) is 43.3 Å². The Kier molecular flexibility index (Phi) is 2.82. The van der Waals surface area contributed by atoms with E-state index in [0.717, 1.165) is 38.9 Å². The lowest BCUT2D eigenvalue weighted by Gasteiger charge is -2.39. The van der Waals surface area contributed by atoms with Gasteiger partial charge in [-0.25, -0.2) is 0 Å². The average molecular weight is 200 g/mol. The zero-order valence-corrected chi connectivity index (χ0v) is 9.17. The molecule has 2 atom stereocenters. The first-order valence-electron chi connectivity index (χ1n) is 5.42. The summed E-state index contributed by atoms with van der Waals surface area (Å²) >= 11 is 0. The summed E-state index contributed by atoms with van der Waals surface area (Å²) < 4.78 is 16.7. The first kappa shape index (κ1) is 10.4. The van der Waals surface area contributed by atoms with Crippen molar-refractivity contribution in [2.24, 2.45) is 0 Å². The second kappa shape index (κ2) is 3.80. The Morgan fingerprint density at radius 3 is 1.86 bits per heavy atom. The van der Waals surface area contributed by atoms with Crippen LogP contribution >= 0.6 is 0 Å². The third kappa shape index (κ3) is 1.69. The Bertz CT molecular complexity index is 179.